The first-order valence-electron chi connectivity index (χ1n) is 5.57. The predicted molar refractivity (Wildman–Crippen MR) is 70.4 cm³/mol. The molecule has 0 bridgehead atoms. The maximum Gasteiger partial charge on any atom is 0.151 e. The van der Waals surface area contributed by atoms with Crippen molar-refractivity contribution in [2.24, 2.45) is 5.41 Å². The number of rotatable bonds is 1. The number of halogens is 1. The number of nitrogens with one attached hydrogen (secondary N) is 1. The molecule has 1 aromatic carbocycles. The Hall–Kier alpha value is -0.580. The van der Waals surface area contributed by atoms with Crippen LogP contribution in [-0.4, -0.2) is 33.0 Å². The van der Waals surface area contributed by atoms with Gasteiger partial charge in [0.05, 0.1) is 11.5 Å². The van der Waals surface area contributed by atoms with Gasteiger partial charge in [0.15, 0.2) is 9.84 Å². The van der Waals surface area contributed by atoms with Crippen molar-refractivity contribution in [3.8, 4) is 0 Å². The monoisotopic (exact) mass is 273 g/mol. The van der Waals surface area contributed by atoms with E-state index in [4.69, 9.17) is 0 Å². The van der Waals surface area contributed by atoms with Crippen molar-refractivity contribution in [2.45, 2.75) is 5.92 Å². The van der Waals surface area contributed by atoms with Gasteiger partial charge in [0.1, 0.15) is 0 Å². The second-order valence-electron chi connectivity index (χ2n) is 4.99. The van der Waals surface area contributed by atoms with E-state index in [0.29, 0.717) is 17.4 Å². The van der Waals surface area contributed by atoms with Gasteiger partial charge in [0.2, 0.25) is 0 Å². The van der Waals surface area contributed by atoms with Crippen molar-refractivity contribution in [2.75, 3.05) is 24.6 Å². The van der Waals surface area contributed by atoms with Gasteiger partial charge < -0.3 is 5.32 Å². The molecule has 1 aromatic rings. The van der Waals surface area contributed by atoms with Crippen LogP contribution >= 0.6 is 12.4 Å². The predicted octanol–water partition coefficient (Wildman–Crippen LogP) is 1.21. The van der Waals surface area contributed by atoms with Crippen LogP contribution in [0.25, 0.3) is 0 Å². The van der Waals surface area contributed by atoms with Crippen LogP contribution in [0.15, 0.2) is 30.3 Å². The first-order valence-corrected chi connectivity index (χ1v) is 7.40. The fourth-order valence-corrected chi connectivity index (χ4v) is 5.37. The summed E-state index contributed by atoms with van der Waals surface area (Å²) in [6, 6.07) is 10.2. The largest absolute Gasteiger partial charge is 0.315 e. The second kappa shape index (κ2) is 4.26. The van der Waals surface area contributed by atoms with Crippen molar-refractivity contribution in [3.63, 3.8) is 0 Å². The van der Waals surface area contributed by atoms with Crippen molar-refractivity contribution >= 4 is 22.2 Å². The molecular formula is C12H16ClNO2S. The van der Waals surface area contributed by atoms with Crippen LogP contribution in [0.5, 0.6) is 0 Å². The topological polar surface area (TPSA) is 46.2 Å². The molecule has 0 aromatic heterocycles. The fraction of sp³-hybridized carbons (Fsp3) is 0.500. The fourth-order valence-electron chi connectivity index (χ4n) is 3.10. The molecule has 17 heavy (non-hydrogen) atoms. The van der Waals surface area contributed by atoms with Crippen molar-refractivity contribution in [1.82, 2.24) is 5.32 Å². The van der Waals surface area contributed by atoms with E-state index in [0.717, 1.165) is 13.1 Å². The van der Waals surface area contributed by atoms with Gasteiger partial charge >= 0.3 is 0 Å². The number of sulfone groups is 1. The van der Waals surface area contributed by atoms with Crippen LogP contribution in [0.3, 0.4) is 0 Å². The molecule has 94 valence electrons. The second-order valence-corrected chi connectivity index (χ2v) is 7.05. The van der Waals surface area contributed by atoms with Gasteiger partial charge in [-0.2, -0.15) is 0 Å². The molecule has 2 saturated heterocycles. The zero-order valence-corrected chi connectivity index (χ0v) is 11.1. The van der Waals surface area contributed by atoms with Gasteiger partial charge in [-0.15, -0.1) is 12.4 Å². The smallest absolute Gasteiger partial charge is 0.151 e. The minimum absolute atomic E-state index is 0. The van der Waals surface area contributed by atoms with Crippen LogP contribution < -0.4 is 5.32 Å². The van der Waals surface area contributed by atoms with Crippen LogP contribution in [-0.2, 0) is 9.84 Å². The van der Waals surface area contributed by atoms with Crippen LogP contribution in [0.2, 0.25) is 0 Å². The molecule has 3 nitrogen and oxygen atoms in total. The summed E-state index contributed by atoms with van der Waals surface area (Å²) < 4.78 is 22.8. The highest BCUT2D eigenvalue weighted by Gasteiger charge is 2.55. The highest BCUT2D eigenvalue weighted by atomic mass is 35.5. The molecule has 1 spiro atoms. The van der Waals surface area contributed by atoms with Gasteiger partial charge in [-0.1, -0.05) is 30.3 Å². The highest BCUT2D eigenvalue weighted by molar-refractivity contribution is 7.92. The van der Waals surface area contributed by atoms with E-state index in [1.165, 1.54) is 5.56 Å². The zero-order chi connectivity index (χ0) is 11.2. The molecule has 1 atom stereocenters. The molecule has 2 fully saturated rings. The van der Waals surface area contributed by atoms with Crippen molar-refractivity contribution < 1.29 is 8.42 Å². The standard InChI is InChI=1S/C12H15NO2S.ClH/c14-16(15)8-12(9-16)7-13-6-11(12)10-4-2-1-3-5-10;/h1-5,11,13H,6-9H2;1H. The average molecular weight is 274 g/mol. The molecule has 1 N–H and O–H groups in total. The lowest BCUT2D eigenvalue weighted by molar-refractivity contribution is 0.329. The zero-order valence-electron chi connectivity index (χ0n) is 9.43. The Morgan fingerprint density at radius 3 is 2.41 bits per heavy atom. The Bertz CT molecular complexity index is 488. The number of hydrogen-bond donors (Lipinski definition) is 1. The van der Waals surface area contributed by atoms with Crippen LogP contribution in [0.1, 0.15) is 11.5 Å². The first kappa shape index (κ1) is 12.9. The maximum atomic E-state index is 11.4. The third kappa shape index (κ3) is 2.09. The third-order valence-electron chi connectivity index (χ3n) is 3.78. The molecule has 0 amide bonds. The van der Waals surface area contributed by atoms with Crippen molar-refractivity contribution in [3.05, 3.63) is 35.9 Å². The Balaban J connectivity index is 0.00000108. The molecule has 3 rings (SSSR count). The summed E-state index contributed by atoms with van der Waals surface area (Å²) in [4.78, 5) is 0. The van der Waals surface area contributed by atoms with E-state index in [1.54, 1.807) is 0 Å². The number of benzene rings is 1. The normalized spacial score (nSPS) is 28.4. The molecule has 0 saturated carbocycles. The minimum atomic E-state index is -2.75. The van der Waals surface area contributed by atoms with Crippen LogP contribution in [0.4, 0.5) is 0 Å². The van der Waals surface area contributed by atoms with E-state index in [2.05, 4.69) is 17.4 Å². The molecule has 1 unspecified atom stereocenters. The lowest BCUT2D eigenvalue weighted by Crippen LogP contribution is -2.52. The van der Waals surface area contributed by atoms with E-state index in [1.807, 2.05) is 18.2 Å². The number of hydrogen-bond acceptors (Lipinski definition) is 3. The van der Waals surface area contributed by atoms with Gasteiger partial charge in [0, 0.05) is 24.4 Å². The maximum absolute atomic E-state index is 11.4. The Morgan fingerprint density at radius 2 is 1.82 bits per heavy atom. The highest BCUT2D eigenvalue weighted by Crippen LogP contribution is 2.47. The summed E-state index contributed by atoms with van der Waals surface area (Å²) in [5, 5.41) is 3.34. The Morgan fingerprint density at radius 1 is 1.18 bits per heavy atom. The first-order chi connectivity index (χ1) is 7.61. The van der Waals surface area contributed by atoms with Gasteiger partial charge in [-0.3, -0.25) is 0 Å². The van der Waals surface area contributed by atoms with Gasteiger partial charge in [-0.25, -0.2) is 8.42 Å². The summed E-state index contributed by atoms with van der Waals surface area (Å²) in [5.74, 6) is 1.07. The lowest BCUT2D eigenvalue weighted by Gasteiger charge is -2.42. The molecular weight excluding hydrogens is 258 g/mol. The Labute approximate surface area is 108 Å². The van der Waals surface area contributed by atoms with E-state index < -0.39 is 9.84 Å². The molecule has 2 aliphatic rings. The third-order valence-corrected chi connectivity index (χ3v) is 5.81. The summed E-state index contributed by atoms with van der Waals surface area (Å²) in [7, 11) is -2.75. The molecule has 5 heteroatoms. The summed E-state index contributed by atoms with van der Waals surface area (Å²) in [6.45, 7) is 1.74. The average Bonchev–Trinajstić information content (AvgIpc) is 2.61. The lowest BCUT2D eigenvalue weighted by atomic mass is 9.77. The van der Waals surface area contributed by atoms with Gasteiger partial charge in [0.25, 0.3) is 0 Å². The van der Waals surface area contributed by atoms with Crippen molar-refractivity contribution in [1.29, 1.82) is 0 Å². The van der Waals surface area contributed by atoms with E-state index >= 15 is 0 Å². The van der Waals surface area contributed by atoms with E-state index in [9.17, 15) is 8.42 Å². The minimum Gasteiger partial charge on any atom is -0.315 e. The SMILES string of the molecule is Cl.O=S1(=O)CC2(CNCC2c2ccccc2)C1. The quantitative estimate of drug-likeness (QED) is 0.837. The molecule has 0 radical (unpaired) electrons. The summed E-state index contributed by atoms with van der Waals surface area (Å²) in [5.41, 5.74) is 1.24. The summed E-state index contributed by atoms with van der Waals surface area (Å²) >= 11 is 0. The van der Waals surface area contributed by atoms with Crippen LogP contribution in [0, 0.1) is 5.41 Å². The molecule has 0 aliphatic carbocycles. The molecule has 2 aliphatic heterocycles. The van der Waals surface area contributed by atoms with E-state index in [-0.39, 0.29) is 17.8 Å². The summed E-state index contributed by atoms with van der Waals surface area (Å²) in [6.07, 6.45) is 0. The Kier molecular flexibility index (Phi) is 3.23. The van der Waals surface area contributed by atoms with Gasteiger partial charge in [-0.05, 0) is 5.56 Å². The molecule has 2 heterocycles.